The van der Waals surface area contributed by atoms with Crippen molar-refractivity contribution >= 4 is 22.6 Å². The molecule has 0 saturated heterocycles. The van der Waals surface area contributed by atoms with Crippen molar-refractivity contribution in [2.24, 2.45) is 0 Å². The SMILES string of the molecule is COc1ccc(CNC(=O)Cn2cc(C(=O)c3ccc(F)cc3)c(=O)c3cc(OC)ccc32)cc1. The smallest absolute Gasteiger partial charge is 0.240 e. The molecule has 1 heterocycles. The lowest BCUT2D eigenvalue weighted by Gasteiger charge is -2.14. The van der Waals surface area contributed by atoms with Crippen LogP contribution in [0.25, 0.3) is 10.9 Å². The Kier molecular flexibility index (Phi) is 6.91. The van der Waals surface area contributed by atoms with Crippen LogP contribution in [0.2, 0.25) is 0 Å². The standard InChI is InChI=1S/C27H23FN2O5/c1-34-20-9-3-17(4-10-20)14-29-25(31)16-30-15-23(26(32)18-5-7-19(28)8-6-18)27(33)22-13-21(35-2)11-12-24(22)30/h3-13,15H,14,16H2,1-2H3,(H,29,31). The first-order chi connectivity index (χ1) is 16.9. The number of aromatic nitrogens is 1. The topological polar surface area (TPSA) is 86.6 Å². The van der Waals surface area contributed by atoms with Gasteiger partial charge >= 0.3 is 0 Å². The number of rotatable bonds is 8. The van der Waals surface area contributed by atoms with Crippen LogP contribution in [0.5, 0.6) is 11.5 Å². The number of hydrogen-bond acceptors (Lipinski definition) is 5. The van der Waals surface area contributed by atoms with Crippen molar-refractivity contribution in [3.05, 3.63) is 106 Å². The Bertz CT molecular complexity index is 1440. The van der Waals surface area contributed by atoms with E-state index in [1.54, 1.807) is 35.9 Å². The maximum atomic E-state index is 13.3. The highest BCUT2D eigenvalue weighted by atomic mass is 19.1. The summed E-state index contributed by atoms with van der Waals surface area (Å²) >= 11 is 0. The fraction of sp³-hybridized carbons (Fsp3) is 0.148. The van der Waals surface area contributed by atoms with E-state index in [-0.39, 0.29) is 29.0 Å². The van der Waals surface area contributed by atoms with Crippen molar-refractivity contribution in [2.45, 2.75) is 13.1 Å². The molecule has 4 rings (SSSR count). The quantitative estimate of drug-likeness (QED) is 0.394. The van der Waals surface area contributed by atoms with Gasteiger partial charge in [-0.3, -0.25) is 14.4 Å². The fourth-order valence-corrected chi connectivity index (χ4v) is 3.71. The molecular weight excluding hydrogens is 451 g/mol. The number of pyridine rings is 1. The molecule has 7 nitrogen and oxygen atoms in total. The van der Waals surface area contributed by atoms with Gasteiger partial charge in [0.1, 0.15) is 23.9 Å². The van der Waals surface area contributed by atoms with Gasteiger partial charge in [-0.05, 0) is 60.2 Å². The van der Waals surface area contributed by atoms with Gasteiger partial charge < -0.3 is 19.4 Å². The van der Waals surface area contributed by atoms with Crippen LogP contribution in [-0.2, 0) is 17.9 Å². The molecule has 0 unspecified atom stereocenters. The highest BCUT2D eigenvalue weighted by Crippen LogP contribution is 2.20. The highest BCUT2D eigenvalue weighted by molar-refractivity contribution is 6.10. The number of hydrogen-bond donors (Lipinski definition) is 1. The van der Waals surface area contributed by atoms with Crippen molar-refractivity contribution in [1.82, 2.24) is 9.88 Å². The summed E-state index contributed by atoms with van der Waals surface area (Å²) in [6, 6.07) is 17.1. The summed E-state index contributed by atoms with van der Waals surface area (Å²) in [5.41, 5.74) is 0.913. The number of carbonyl (C=O) groups excluding carboxylic acids is 2. The first-order valence-corrected chi connectivity index (χ1v) is 10.8. The second-order valence-corrected chi connectivity index (χ2v) is 7.84. The van der Waals surface area contributed by atoms with Crippen LogP contribution in [0.3, 0.4) is 0 Å². The summed E-state index contributed by atoms with van der Waals surface area (Å²) in [4.78, 5) is 39.1. The van der Waals surface area contributed by atoms with E-state index < -0.39 is 17.0 Å². The van der Waals surface area contributed by atoms with Crippen LogP contribution in [0.15, 0.2) is 77.7 Å². The second kappa shape index (κ2) is 10.2. The minimum Gasteiger partial charge on any atom is -0.497 e. The maximum absolute atomic E-state index is 13.3. The molecule has 1 amide bonds. The van der Waals surface area contributed by atoms with Crippen molar-refractivity contribution in [3.63, 3.8) is 0 Å². The molecule has 0 aliphatic rings. The predicted molar refractivity (Wildman–Crippen MR) is 129 cm³/mol. The number of carbonyl (C=O) groups is 2. The van der Waals surface area contributed by atoms with E-state index in [2.05, 4.69) is 5.32 Å². The van der Waals surface area contributed by atoms with Gasteiger partial charge in [0.25, 0.3) is 0 Å². The van der Waals surface area contributed by atoms with E-state index in [0.717, 1.165) is 17.7 Å². The van der Waals surface area contributed by atoms with Gasteiger partial charge in [0, 0.05) is 18.3 Å². The Balaban J connectivity index is 1.66. The molecule has 0 aliphatic heterocycles. The van der Waals surface area contributed by atoms with Gasteiger partial charge in [-0.15, -0.1) is 0 Å². The Morgan fingerprint density at radius 1 is 0.914 bits per heavy atom. The summed E-state index contributed by atoms with van der Waals surface area (Å²) < 4.78 is 25.2. The van der Waals surface area contributed by atoms with Gasteiger partial charge in [-0.1, -0.05) is 12.1 Å². The number of halogens is 1. The fourth-order valence-electron chi connectivity index (χ4n) is 3.71. The molecule has 0 saturated carbocycles. The maximum Gasteiger partial charge on any atom is 0.240 e. The van der Waals surface area contributed by atoms with E-state index in [9.17, 15) is 18.8 Å². The zero-order valence-electron chi connectivity index (χ0n) is 19.2. The normalized spacial score (nSPS) is 10.7. The number of fused-ring (bicyclic) bond motifs is 1. The van der Waals surface area contributed by atoms with E-state index in [1.165, 1.54) is 31.5 Å². The first kappa shape index (κ1) is 23.7. The number of methoxy groups -OCH3 is 2. The molecule has 0 bridgehead atoms. The Hall–Kier alpha value is -4.46. The number of ether oxygens (including phenoxy) is 2. The molecule has 8 heteroatoms. The van der Waals surface area contributed by atoms with Crippen molar-refractivity contribution in [3.8, 4) is 11.5 Å². The number of ketones is 1. The van der Waals surface area contributed by atoms with E-state index in [4.69, 9.17) is 9.47 Å². The monoisotopic (exact) mass is 474 g/mol. The van der Waals surface area contributed by atoms with Crippen LogP contribution in [0, 0.1) is 5.82 Å². The molecule has 1 N–H and O–H groups in total. The molecule has 1 aromatic heterocycles. The third-order valence-corrected chi connectivity index (χ3v) is 5.60. The summed E-state index contributed by atoms with van der Waals surface area (Å²) in [6.45, 7) is 0.180. The lowest BCUT2D eigenvalue weighted by atomic mass is 10.0. The summed E-state index contributed by atoms with van der Waals surface area (Å²) in [5.74, 6) is -0.199. The summed E-state index contributed by atoms with van der Waals surface area (Å²) in [6.07, 6.45) is 1.37. The van der Waals surface area contributed by atoms with Crippen LogP contribution >= 0.6 is 0 Å². The van der Waals surface area contributed by atoms with Crippen LogP contribution in [-0.4, -0.2) is 30.5 Å². The number of benzene rings is 3. The largest absolute Gasteiger partial charge is 0.497 e. The number of amides is 1. The van der Waals surface area contributed by atoms with Crippen LogP contribution in [0.1, 0.15) is 21.5 Å². The lowest BCUT2D eigenvalue weighted by molar-refractivity contribution is -0.121. The Morgan fingerprint density at radius 2 is 1.57 bits per heavy atom. The van der Waals surface area contributed by atoms with Crippen LogP contribution < -0.4 is 20.2 Å². The number of nitrogens with zero attached hydrogens (tertiary/aromatic N) is 1. The second-order valence-electron chi connectivity index (χ2n) is 7.84. The van der Waals surface area contributed by atoms with Gasteiger partial charge in [-0.2, -0.15) is 0 Å². The Morgan fingerprint density at radius 3 is 2.23 bits per heavy atom. The van der Waals surface area contributed by atoms with E-state index in [1.807, 2.05) is 12.1 Å². The van der Waals surface area contributed by atoms with Gasteiger partial charge in [-0.25, -0.2) is 4.39 Å². The molecule has 0 radical (unpaired) electrons. The molecule has 0 fully saturated rings. The zero-order valence-corrected chi connectivity index (χ0v) is 19.2. The lowest BCUT2D eigenvalue weighted by Crippen LogP contribution is -2.29. The zero-order chi connectivity index (χ0) is 24.9. The van der Waals surface area contributed by atoms with Crippen molar-refractivity contribution in [2.75, 3.05) is 14.2 Å². The van der Waals surface area contributed by atoms with Gasteiger partial charge in [0.2, 0.25) is 11.3 Å². The third kappa shape index (κ3) is 5.22. The first-order valence-electron chi connectivity index (χ1n) is 10.8. The molecule has 3 aromatic carbocycles. The molecule has 4 aromatic rings. The average molecular weight is 474 g/mol. The van der Waals surface area contributed by atoms with Gasteiger partial charge in [0.15, 0.2) is 5.78 Å². The Labute approximate surface area is 200 Å². The van der Waals surface area contributed by atoms with E-state index in [0.29, 0.717) is 23.6 Å². The average Bonchev–Trinajstić information content (AvgIpc) is 2.89. The van der Waals surface area contributed by atoms with Crippen molar-refractivity contribution < 1.29 is 23.5 Å². The highest BCUT2D eigenvalue weighted by Gasteiger charge is 2.19. The van der Waals surface area contributed by atoms with Crippen molar-refractivity contribution in [1.29, 1.82) is 0 Å². The van der Waals surface area contributed by atoms with Crippen LogP contribution in [0.4, 0.5) is 4.39 Å². The summed E-state index contributed by atoms with van der Waals surface area (Å²) in [5, 5.41) is 3.08. The minimum atomic E-state index is -0.563. The molecule has 0 atom stereocenters. The minimum absolute atomic E-state index is 0.122. The molecular formula is C27H23FN2O5. The molecule has 0 spiro atoms. The molecule has 0 aliphatic carbocycles. The van der Waals surface area contributed by atoms with E-state index >= 15 is 0 Å². The van der Waals surface area contributed by atoms with Gasteiger partial charge in [0.05, 0.1) is 30.7 Å². The molecule has 35 heavy (non-hydrogen) atoms. The number of nitrogens with one attached hydrogen (secondary N) is 1. The molecule has 178 valence electrons. The summed E-state index contributed by atoms with van der Waals surface area (Å²) in [7, 11) is 3.05. The third-order valence-electron chi connectivity index (χ3n) is 5.60. The predicted octanol–water partition coefficient (Wildman–Crippen LogP) is 3.71.